The second-order valence-corrected chi connectivity index (χ2v) is 5.62. The number of rotatable bonds is 6. The maximum atomic E-state index is 10.5. The van der Waals surface area contributed by atoms with Crippen LogP contribution >= 0.6 is 0 Å². The number of piperidine rings is 1. The van der Waals surface area contributed by atoms with Crippen molar-refractivity contribution >= 4 is 5.97 Å². The molecular formula is C16H24N2O2. The Labute approximate surface area is 120 Å². The number of hydrogen-bond donors (Lipinski definition) is 2. The van der Waals surface area contributed by atoms with Crippen molar-refractivity contribution in [3.8, 4) is 0 Å². The molecule has 1 atom stereocenters. The van der Waals surface area contributed by atoms with Crippen LogP contribution in [0.5, 0.6) is 0 Å². The van der Waals surface area contributed by atoms with E-state index in [-0.39, 0.29) is 12.5 Å². The normalized spacial score (nSPS) is 17.9. The lowest BCUT2D eigenvalue weighted by atomic mass is 10.0. The van der Waals surface area contributed by atoms with E-state index in [1.165, 1.54) is 37.9 Å². The molecule has 110 valence electrons. The van der Waals surface area contributed by atoms with Gasteiger partial charge in [0.2, 0.25) is 0 Å². The standard InChI is InChI=1S/C16H24N2O2/c17-15(8-9-16(19)20)14-6-4-13(5-7-14)12-18-10-2-1-3-11-18/h4-7,15H,1-3,8-12,17H2,(H,19,20). The largest absolute Gasteiger partial charge is 0.481 e. The molecule has 0 amide bonds. The van der Waals surface area contributed by atoms with Gasteiger partial charge in [-0.2, -0.15) is 0 Å². The van der Waals surface area contributed by atoms with Crippen molar-refractivity contribution in [1.82, 2.24) is 4.90 Å². The fourth-order valence-corrected chi connectivity index (χ4v) is 2.69. The fourth-order valence-electron chi connectivity index (χ4n) is 2.69. The third kappa shape index (κ3) is 4.62. The molecule has 0 bridgehead atoms. The quantitative estimate of drug-likeness (QED) is 0.838. The zero-order valence-corrected chi connectivity index (χ0v) is 11.9. The molecule has 0 radical (unpaired) electrons. The molecule has 20 heavy (non-hydrogen) atoms. The molecule has 1 heterocycles. The van der Waals surface area contributed by atoms with Gasteiger partial charge in [0.1, 0.15) is 0 Å². The van der Waals surface area contributed by atoms with E-state index in [1.807, 2.05) is 12.1 Å². The lowest BCUT2D eigenvalue weighted by Crippen LogP contribution is -2.29. The Bertz CT molecular complexity index is 425. The van der Waals surface area contributed by atoms with Gasteiger partial charge in [-0.3, -0.25) is 9.69 Å². The van der Waals surface area contributed by atoms with Crippen molar-refractivity contribution < 1.29 is 9.90 Å². The zero-order chi connectivity index (χ0) is 14.4. The molecule has 1 aliphatic heterocycles. The first-order valence-corrected chi connectivity index (χ1v) is 7.44. The first-order valence-electron chi connectivity index (χ1n) is 7.44. The highest BCUT2D eigenvalue weighted by Gasteiger charge is 2.11. The van der Waals surface area contributed by atoms with Crippen LogP contribution in [0.25, 0.3) is 0 Å². The van der Waals surface area contributed by atoms with Crippen LogP contribution in [0.3, 0.4) is 0 Å². The number of hydrogen-bond acceptors (Lipinski definition) is 3. The van der Waals surface area contributed by atoms with Crippen molar-refractivity contribution in [2.24, 2.45) is 5.73 Å². The van der Waals surface area contributed by atoms with Crippen LogP contribution in [0.4, 0.5) is 0 Å². The van der Waals surface area contributed by atoms with Crippen molar-refractivity contribution in [3.63, 3.8) is 0 Å². The van der Waals surface area contributed by atoms with Crippen LogP contribution in [-0.4, -0.2) is 29.1 Å². The predicted molar refractivity (Wildman–Crippen MR) is 79.4 cm³/mol. The molecule has 3 N–H and O–H groups in total. The summed E-state index contributed by atoms with van der Waals surface area (Å²) >= 11 is 0. The van der Waals surface area contributed by atoms with Crippen LogP contribution in [-0.2, 0) is 11.3 Å². The van der Waals surface area contributed by atoms with Gasteiger partial charge in [-0.15, -0.1) is 0 Å². The Morgan fingerprint density at radius 3 is 2.45 bits per heavy atom. The van der Waals surface area contributed by atoms with Gasteiger partial charge in [0.05, 0.1) is 0 Å². The summed E-state index contributed by atoms with van der Waals surface area (Å²) in [4.78, 5) is 13.0. The van der Waals surface area contributed by atoms with Crippen LogP contribution in [0.2, 0.25) is 0 Å². The van der Waals surface area contributed by atoms with Crippen molar-refractivity contribution in [3.05, 3.63) is 35.4 Å². The monoisotopic (exact) mass is 276 g/mol. The second kappa shape index (κ2) is 7.41. The summed E-state index contributed by atoms with van der Waals surface area (Å²) in [6.07, 6.45) is 4.57. The van der Waals surface area contributed by atoms with Gasteiger partial charge >= 0.3 is 5.97 Å². The maximum absolute atomic E-state index is 10.5. The van der Waals surface area contributed by atoms with Crippen LogP contribution < -0.4 is 5.73 Å². The number of likely N-dealkylation sites (tertiary alicyclic amines) is 1. The molecule has 2 rings (SSSR count). The summed E-state index contributed by atoms with van der Waals surface area (Å²) in [5.41, 5.74) is 8.33. The van der Waals surface area contributed by atoms with Crippen LogP contribution in [0.1, 0.15) is 49.3 Å². The maximum Gasteiger partial charge on any atom is 0.303 e. The molecule has 0 aromatic heterocycles. The molecule has 4 nitrogen and oxygen atoms in total. The molecule has 4 heteroatoms. The van der Waals surface area contributed by atoms with Crippen LogP contribution in [0, 0.1) is 0 Å². The summed E-state index contributed by atoms with van der Waals surface area (Å²) < 4.78 is 0. The van der Waals surface area contributed by atoms with Crippen molar-refractivity contribution in [1.29, 1.82) is 0 Å². The van der Waals surface area contributed by atoms with E-state index in [9.17, 15) is 4.79 Å². The lowest BCUT2D eigenvalue weighted by Gasteiger charge is -2.26. The third-order valence-corrected chi connectivity index (χ3v) is 3.93. The van der Waals surface area contributed by atoms with E-state index in [4.69, 9.17) is 10.8 Å². The van der Waals surface area contributed by atoms with E-state index >= 15 is 0 Å². The molecule has 0 saturated carbocycles. The van der Waals surface area contributed by atoms with E-state index in [0.717, 1.165) is 12.1 Å². The highest BCUT2D eigenvalue weighted by Crippen LogP contribution is 2.18. The molecular weight excluding hydrogens is 252 g/mol. The second-order valence-electron chi connectivity index (χ2n) is 5.62. The third-order valence-electron chi connectivity index (χ3n) is 3.93. The first-order chi connectivity index (χ1) is 9.65. The molecule has 1 saturated heterocycles. The predicted octanol–water partition coefficient (Wildman–Crippen LogP) is 2.54. The fraction of sp³-hybridized carbons (Fsp3) is 0.562. The number of benzene rings is 1. The molecule has 0 spiro atoms. The smallest absolute Gasteiger partial charge is 0.303 e. The molecule has 1 unspecified atom stereocenters. The van der Waals surface area contributed by atoms with E-state index < -0.39 is 5.97 Å². The van der Waals surface area contributed by atoms with Gasteiger partial charge in [0.25, 0.3) is 0 Å². The topological polar surface area (TPSA) is 66.6 Å². The van der Waals surface area contributed by atoms with Gasteiger partial charge in [-0.05, 0) is 43.5 Å². The lowest BCUT2D eigenvalue weighted by molar-refractivity contribution is -0.137. The summed E-state index contributed by atoms with van der Waals surface area (Å²) in [7, 11) is 0. The molecule has 0 aliphatic carbocycles. The summed E-state index contributed by atoms with van der Waals surface area (Å²) in [5, 5.41) is 8.67. The van der Waals surface area contributed by atoms with E-state index in [2.05, 4.69) is 17.0 Å². The highest BCUT2D eigenvalue weighted by atomic mass is 16.4. The number of aliphatic carboxylic acids is 1. The summed E-state index contributed by atoms with van der Waals surface area (Å²) in [6, 6.07) is 8.11. The molecule has 1 aromatic carbocycles. The van der Waals surface area contributed by atoms with E-state index in [1.54, 1.807) is 0 Å². The summed E-state index contributed by atoms with van der Waals surface area (Å²) in [5.74, 6) is -0.790. The van der Waals surface area contributed by atoms with Gasteiger partial charge in [0, 0.05) is 19.0 Å². The van der Waals surface area contributed by atoms with Gasteiger partial charge < -0.3 is 10.8 Å². The average molecular weight is 276 g/mol. The minimum absolute atomic E-state index is 0.122. The Balaban J connectivity index is 1.86. The Kier molecular flexibility index (Phi) is 5.56. The highest BCUT2D eigenvalue weighted by molar-refractivity contribution is 5.66. The van der Waals surface area contributed by atoms with Gasteiger partial charge in [0.15, 0.2) is 0 Å². The Morgan fingerprint density at radius 1 is 1.20 bits per heavy atom. The number of carbonyl (C=O) groups is 1. The minimum atomic E-state index is -0.790. The molecule has 1 aromatic rings. The van der Waals surface area contributed by atoms with E-state index in [0.29, 0.717) is 6.42 Å². The number of nitrogens with two attached hydrogens (primary N) is 1. The van der Waals surface area contributed by atoms with Gasteiger partial charge in [-0.1, -0.05) is 30.7 Å². The van der Waals surface area contributed by atoms with Crippen LogP contribution in [0.15, 0.2) is 24.3 Å². The number of carboxylic acid groups (broad SMARTS) is 1. The van der Waals surface area contributed by atoms with Gasteiger partial charge in [-0.25, -0.2) is 0 Å². The van der Waals surface area contributed by atoms with Crippen molar-refractivity contribution in [2.45, 2.75) is 44.7 Å². The average Bonchev–Trinajstić information content (AvgIpc) is 2.46. The number of carboxylic acids is 1. The number of nitrogens with zero attached hydrogens (tertiary/aromatic N) is 1. The molecule has 1 aliphatic rings. The Morgan fingerprint density at radius 2 is 1.85 bits per heavy atom. The first kappa shape index (κ1) is 15.0. The SMILES string of the molecule is NC(CCC(=O)O)c1ccc(CN2CCCCC2)cc1. The molecule has 1 fully saturated rings. The van der Waals surface area contributed by atoms with Crippen molar-refractivity contribution in [2.75, 3.05) is 13.1 Å². The minimum Gasteiger partial charge on any atom is -0.481 e. The Hall–Kier alpha value is -1.39. The summed E-state index contributed by atoms with van der Waals surface area (Å²) in [6.45, 7) is 3.39. The zero-order valence-electron chi connectivity index (χ0n) is 11.9.